The molecule has 3 unspecified atom stereocenters. The van der Waals surface area contributed by atoms with Gasteiger partial charge in [-0.3, -0.25) is 0 Å². The molecule has 1 aromatic carbocycles. The molecule has 1 aliphatic rings. The predicted molar refractivity (Wildman–Crippen MR) is 103 cm³/mol. The first kappa shape index (κ1) is 20.3. The number of aromatic amines is 1. The SMILES string of the molecule is Cc1c[nH]c2cnc(C3CC(C)NC(c4ccc(F)cc4)C3)nc12.Cl.O. The zero-order valence-corrected chi connectivity index (χ0v) is 15.6. The summed E-state index contributed by atoms with van der Waals surface area (Å²) in [6, 6.07) is 7.34. The van der Waals surface area contributed by atoms with Crippen LogP contribution in [0.15, 0.2) is 36.7 Å². The van der Waals surface area contributed by atoms with E-state index >= 15 is 0 Å². The Labute approximate surface area is 158 Å². The van der Waals surface area contributed by atoms with Crippen molar-refractivity contribution >= 4 is 23.4 Å². The van der Waals surface area contributed by atoms with Crippen LogP contribution >= 0.6 is 12.4 Å². The number of nitrogens with zero attached hydrogens (tertiary/aromatic N) is 2. The van der Waals surface area contributed by atoms with Crippen molar-refractivity contribution in [1.29, 1.82) is 0 Å². The standard InChI is InChI=1S/C19H21FN4.ClH.H2O/c1-11-9-21-17-10-22-19(24-18(11)17)14-7-12(2)23-16(8-14)13-3-5-15(20)6-4-13;;/h3-6,9-10,12,14,16,21,23H,7-8H2,1-2H3;1H;1H2. The summed E-state index contributed by atoms with van der Waals surface area (Å²) in [5.74, 6) is 1.01. The van der Waals surface area contributed by atoms with Crippen LogP contribution in [0.1, 0.15) is 48.7 Å². The van der Waals surface area contributed by atoms with E-state index in [-0.39, 0.29) is 29.7 Å². The maximum absolute atomic E-state index is 13.2. The number of rotatable bonds is 2. The Morgan fingerprint density at radius 2 is 1.88 bits per heavy atom. The van der Waals surface area contributed by atoms with Crippen LogP contribution < -0.4 is 5.32 Å². The number of hydrogen-bond acceptors (Lipinski definition) is 3. The van der Waals surface area contributed by atoms with Gasteiger partial charge in [-0.1, -0.05) is 12.1 Å². The van der Waals surface area contributed by atoms with E-state index in [9.17, 15) is 4.39 Å². The highest BCUT2D eigenvalue weighted by atomic mass is 35.5. The fourth-order valence-corrected chi connectivity index (χ4v) is 3.68. The summed E-state index contributed by atoms with van der Waals surface area (Å²) < 4.78 is 13.2. The van der Waals surface area contributed by atoms with Crippen molar-refractivity contribution in [1.82, 2.24) is 20.3 Å². The number of fused-ring (bicyclic) bond motifs is 1. The van der Waals surface area contributed by atoms with Crippen molar-refractivity contribution in [2.75, 3.05) is 0 Å². The molecule has 0 amide bonds. The zero-order valence-electron chi connectivity index (χ0n) is 14.8. The highest BCUT2D eigenvalue weighted by Gasteiger charge is 2.29. The molecule has 1 aliphatic heterocycles. The molecule has 5 nitrogen and oxygen atoms in total. The number of H-pyrrole nitrogens is 1. The summed E-state index contributed by atoms with van der Waals surface area (Å²) in [6.07, 6.45) is 5.78. The Hall–Kier alpha value is -2.02. The maximum atomic E-state index is 13.2. The second kappa shape index (κ2) is 8.12. The van der Waals surface area contributed by atoms with Gasteiger partial charge in [0.2, 0.25) is 0 Å². The number of halogens is 2. The van der Waals surface area contributed by atoms with Crippen molar-refractivity contribution in [3.8, 4) is 0 Å². The van der Waals surface area contributed by atoms with E-state index in [0.717, 1.165) is 40.8 Å². The summed E-state index contributed by atoms with van der Waals surface area (Å²) in [6.45, 7) is 4.24. The molecule has 0 aliphatic carbocycles. The minimum atomic E-state index is -0.198. The molecule has 2 aromatic heterocycles. The molecule has 0 radical (unpaired) electrons. The maximum Gasteiger partial charge on any atom is 0.132 e. The number of aromatic nitrogens is 3. The van der Waals surface area contributed by atoms with Gasteiger partial charge in [0.15, 0.2) is 0 Å². The van der Waals surface area contributed by atoms with Crippen LogP contribution in [-0.4, -0.2) is 26.5 Å². The van der Waals surface area contributed by atoms with Gasteiger partial charge < -0.3 is 15.8 Å². The lowest BCUT2D eigenvalue weighted by Gasteiger charge is -2.34. The monoisotopic (exact) mass is 378 g/mol. The Morgan fingerprint density at radius 3 is 2.62 bits per heavy atom. The topological polar surface area (TPSA) is 85.1 Å². The average Bonchev–Trinajstić information content (AvgIpc) is 2.96. The molecule has 1 fully saturated rings. The van der Waals surface area contributed by atoms with Gasteiger partial charge in [0, 0.05) is 24.2 Å². The van der Waals surface area contributed by atoms with Gasteiger partial charge in [-0.05, 0) is 49.9 Å². The highest BCUT2D eigenvalue weighted by molar-refractivity contribution is 5.85. The third-order valence-corrected chi connectivity index (χ3v) is 4.91. The number of piperidine rings is 1. The normalized spacial score (nSPS) is 22.5. The van der Waals surface area contributed by atoms with Crippen LogP contribution in [0.4, 0.5) is 4.39 Å². The van der Waals surface area contributed by atoms with Crippen molar-refractivity contribution in [2.45, 2.75) is 44.7 Å². The number of aryl methyl sites for hydroxylation is 1. The number of hydrogen-bond donors (Lipinski definition) is 2. The van der Waals surface area contributed by atoms with Crippen LogP contribution in [0.2, 0.25) is 0 Å². The lowest BCUT2D eigenvalue weighted by Crippen LogP contribution is -2.38. The van der Waals surface area contributed by atoms with Gasteiger partial charge in [-0.2, -0.15) is 0 Å². The van der Waals surface area contributed by atoms with Gasteiger partial charge in [0.05, 0.1) is 17.2 Å². The molecule has 0 bridgehead atoms. The van der Waals surface area contributed by atoms with Crippen LogP contribution in [-0.2, 0) is 0 Å². The largest absolute Gasteiger partial charge is 0.412 e. The predicted octanol–water partition coefficient (Wildman–Crippen LogP) is 3.60. The molecule has 4 N–H and O–H groups in total. The quantitative estimate of drug-likeness (QED) is 0.714. The Morgan fingerprint density at radius 1 is 1.15 bits per heavy atom. The van der Waals surface area contributed by atoms with Crippen LogP contribution in [0, 0.1) is 12.7 Å². The van der Waals surface area contributed by atoms with E-state index in [4.69, 9.17) is 4.98 Å². The Bertz CT molecular complexity index is 868. The first-order valence-electron chi connectivity index (χ1n) is 8.42. The molecule has 1 saturated heterocycles. The van der Waals surface area contributed by atoms with Crippen molar-refractivity contribution in [3.05, 3.63) is 59.4 Å². The van der Waals surface area contributed by atoms with Gasteiger partial charge >= 0.3 is 0 Å². The number of nitrogens with one attached hydrogen (secondary N) is 2. The Kier molecular flexibility index (Phi) is 6.34. The van der Waals surface area contributed by atoms with Gasteiger partial charge in [0.1, 0.15) is 11.6 Å². The van der Waals surface area contributed by atoms with E-state index in [0.29, 0.717) is 12.0 Å². The lowest BCUT2D eigenvalue weighted by atomic mass is 9.85. The molecular weight excluding hydrogens is 355 g/mol. The minimum absolute atomic E-state index is 0. The fourth-order valence-electron chi connectivity index (χ4n) is 3.68. The van der Waals surface area contributed by atoms with Crippen LogP contribution in [0.25, 0.3) is 11.0 Å². The highest BCUT2D eigenvalue weighted by Crippen LogP contribution is 2.35. The molecule has 3 heterocycles. The van der Waals surface area contributed by atoms with Crippen LogP contribution in [0.3, 0.4) is 0 Å². The second-order valence-corrected chi connectivity index (χ2v) is 6.80. The molecule has 0 spiro atoms. The summed E-state index contributed by atoms with van der Waals surface area (Å²) >= 11 is 0. The number of benzene rings is 1. The summed E-state index contributed by atoms with van der Waals surface area (Å²) in [5, 5.41) is 3.61. The average molecular weight is 379 g/mol. The molecule has 3 atom stereocenters. The van der Waals surface area contributed by atoms with E-state index in [2.05, 4.69) is 29.1 Å². The summed E-state index contributed by atoms with van der Waals surface area (Å²) in [7, 11) is 0. The molecule has 4 rings (SSSR count). The third-order valence-electron chi connectivity index (χ3n) is 4.91. The van der Waals surface area contributed by atoms with E-state index in [1.165, 1.54) is 12.1 Å². The molecule has 7 heteroatoms. The molecule has 0 saturated carbocycles. The molecule has 3 aromatic rings. The molecular formula is C19H24ClFN4O. The van der Waals surface area contributed by atoms with Crippen molar-refractivity contribution < 1.29 is 9.87 Å². The van der Waals surface area contributed by atoms with Gasteiger partial charge in [0.25, 0.3) is 0 Å². The van der Waals surface area contributed by atoms with E-state index in [1.807, 2.05) is 24.5 Å². The van der Waals surface area contributed by atoms with Crippen LogP contribution in [0.5, 0.6) is 0 Å². The van der Waals surface area contributed by atoms with Crippen molar-refractivity contribution in [2.24, 2.45) is 0 Å². The van der Waals surface area contributed by atoms with E-state index in [1.54, 1.807) is 0 Å². The second-order valence-electron chi connectivity index (χ2n) is 6.80. The minimum Gasteiger partial charge on any atom is -0.412 e. The molecule has 26 heavy (non-hydrogen) atoms. The Balaban J connectivity index is 0.00000121. The first-order valence-corrected chi connectivity index (χ1v) is 8.42. The van der Waals surface area contributed by atoms with Gasteiger partial charge in [-0.25, -0.2) is 14.4 Å². The zero-order chi connectivity index (χ0) is 16.7. The summed E-state index contributed by atoms with van der Waals surface area (Å²) in [4.78, 5) is 12.6. The fraction of sp³-hybridized carbons (Fsp3) is 0.368. The van der Waals surface area contributed by atoms with Crippen molar-refractivity contribution in [3.63, 3.8) is 0 Å². The van der Waals surface area contributed by atoms with E-state index < -0.39 is 0 Å². The molecule has 140 valence electrons. The third kappa shape index (κ3) is 3.87. The van der Waals surface area contributed by atoms with Gasteiger partial charge in [-0.15, -0.1) is 12.4 Å². The smallest absolute Gasteiger partial charge is 0.132 e. The lowest BCUT2D eigenvalue weighted by molar-refractivity contribution is 0.300. The summed E-state index contributed by atoms with van der Waals surface area (Å²) in [5.41, 5.74) is 4.25. The first-order chi connectivity index (χ1) is 11.6.